The summed E-state index contributed by atoms with van der Waals surface area (Å²) in [6.45, 7) is 6.93. The molecule has 1 aliphatic carbocycles. The molecule has 0 aromatic rings. The minimum Gasteiger partial charge on any atom is -0.340 e. The molecular formula is C10H19NO. The zero-order valence-electron chi connectivity index (χ0n) is 8.34. The Balaban J connectivity index is 2.40. The highest BCUT2D eigenvalue weighted by Crippen LogP contribution is 2.30. The van der Waals surface area contributed by atoms with Crippen LogP contribution in [-0.4, -0.2) is 23.4 Å². The van der Waals surface area contributed by atoms with E-state index in [1.165, 1.54) is 12.8 Å². The Labute approximate surface area is 74.9 Å². The molecule has 0 heterocycles. The smallest absolute Gasteiger partial charge is 0.219 e. The number of amides is 1. The van der Waals surface area contributed by atoms with Crippen LogP contribution in [0.2, 0.25) is 0 Å². The molecule has 0 bridgehead atoms. The van der Waals surface area contributed by atoms with E-state index in [-0.39, 0.29) is 5.91 Å². The molecule has 1 rings (SSSR count). The molecule has 0 aromatic carbocycles. The van der Waals surface area contributed by atoms with E-state index in [1.54, 1.807) is 6.92 Å². The van der Waals surface area contributed by atoms with Crippen LogP contribution in [0.25, 0.3) is 0 Å². The molecule has 1 amide bonds. The molecule has 0 radical (unpaired) electrons. The molecule has 0 unspecified atom stereocenters. The Morgan fingerprint density at radius 1 is 1.58 bits per heavy atom. The second-order valence-corrected chi connectivity index (χ2v) is 3.87. The van der Waals surface area contributed by atoms with Gasteiger partial charge in [-0.1, -0.05) is 6.92 Å². The number of rotatable bonds is 4. The van der Waals surface area contributed by atoms with Crippen LogP contribution in [-0.2, 0) is 4.79 Å². The van der Waals surface area contributed by atoms with E-state index in [4.69, 9.17) is 0 Å². The van der Waals surface area contributed by atoms with Gasteiger partial charge < -0.3 is 4.90 Å². The van der Waals surface area contributed by atoms with Crippen molar-refractivity contribution >= 4 is 5.91 Å². The first-order valence-corrected chi connectivity index (χ1v) is 4.92. The average Bonchev–Trinajstić information content (AvgIpc) is 2.81. The van der Waals surface area contributed by atoms with E-state index < -0.39 is 0 Å². The van der Waals surface area contributed by atoms with Gasteiger partial charge in [-0.05, 0) is 32.1 Å². The molecule has 2 nitrogen and oxygen atoms in total. The van der Waals surface area contributed by atoms with Crippen molar-refractivity contribution in [1.29, 1.82) is 0 Å². The molecule has 1 saturated carbocycles. The number of carbonyl (C=O) groups excluding carboxylic acids is 1. The van der Waals surface area contributed by atoms with E-state index in [9.17, 15) is 4.79 Å². The molecule has 0 spiro atoms. The maximum atomic E-state index is 11.2. The Morgan fingerprint density at radius 3 is 2.50 bits per heavy atom. The van der Waals surface area contributed by atoms with Gasteiger partial charge in [-0.25, -0.2) is 0 Å². The van der Waals surface area contributed by atoms with Crippen molar-refractivity contribution in [3.05, 3.63) is 0 Å². The van der Waals surface area contributed by atoms with E-state index in [0.717, 1.165) is 18.9 Å². The van der Waals surface area contributed by atoms with Gasteiger partial charge in [-0.3, -0.25) is 4.79 Å². The summed E-state index contributed by atoms with van der Waals surface area (Å²) < 4.78 is 0. The number of carbonyl (C=O) groups is 1. The summed E-state index contributed by atoms with van der Waals surface area (Å²) in [6.07, 6.45) is 3.70. The first-order chi connectivity index (χ1) is 5.65. The van der Waals surface area contributed by atoms with Crippen LogP contribution in [0.4, 0.5) is 0 Å². The van der Waals surface area contributed by atoms with E-state index in [0.29, 0.717) is 6.04 Å². The van der Waals surface area contributed by atoms with Gasteiger partial charge in [-0.15, -0.1) is 0 Å². The third-order valence-corrected chi connectivity index (χ3v) is 2.68. The normalized spacial score (nSPS) is 18.9. The largest absolute Gasteiger partial charge is 0.340 e. The van der Waals surface area contributed by atoms with Gasteiger partial charge in [0.2, 0.25) is 5.91 Å². The third kappa shape index (κ3) is 2.50. The predicted octanol–water partition coefficient (Wildman–Crippen LogP) is 2.04. The van der Waals surface area contributed by atoms with E-state index in [2.05, 4.69) is 13.8 Å². The molecule has 1 atom stereocenters. The van der Waals surface area contributed by atoms with E-state index in [1.807, 2.05) is 4.90 Å². The highest BCUT2D eigenvalue weighted by molar-refractivity contribution is 5.73. The van der Waals surface area contributed by atoms with Crippen molar-refractivity contribution in [2.75, 3.05) is 6.54 Å². The summed E-state index contributed by atoms with van der Waals surface area (Å²) in [5.41, 5.74) is 0. The Bertz CT molecular complexity index is 163. The lowest BCUT2D eigenvalue weighted by Gasteiger charge is -2.27. The molecule has 2 heteroatoms. The highest BCUT2D eigenvalue weighted by atomic mass is 16.2. The monoisotopic (exact) mass is 169 g/mol. The van der Waals surface area contributed by atoms with Crippen LogP contribution < -0.4 is 0 Å². The quantitative estimate of drug-likeness (QED) is 0.630. The van der Waals surface area contributed by atoms with Gasteiger partial charge in [0.1, 0.15) is 0 Å². The SMILES string of the molecule is CC[C@H](C)N(CC1CC1)C(C)=O. The topological polar surface area (TPSA) is 20.3 Å². The van der Waals surface area contributed by atoms with Gasteiger partial charge in [0, 0.05) is 19.5 Å². The molecular weight excluding hydrogens is 150 g/mol. The minimum atomic E-state index is 0.233. The van der Waals surface area contributed by atoms with E-state index >= 15 is 0 Å². The number of hydrogen-bond acceptors (Lipinski definition) is 1. The van der Waals surface area contributed by atoms with Gasteiger partial charge in [-0.2, -0.15) is 0 Å². The summed E-state index contributed by atoms with van der Waals surface area (Å²) >= 11 is 0. The van der Waals surface area contributed by atoms with Crippen LogP contribution >= 0.6 is 0 Å². The summed E-state index contributed by atoms with van der Waals surface area (Å²) in [7, 11) is 0. The maximum Gasteiger partial charge on any atom is 0.219 e. The van der Waals surface area contributed by atoms with Crippen LogP contribution in [0.5, 0.6) is 0 Å². The Morgan fingerprint density at radius 2 is 2.17 bits per heavy atom. The van der Waals surface area contributed by atoms with Gasteiger partial charge in [0.15, 0.2) is 0 Å². The summed E-state index contributed by atoms with van der Waals surface area (Å²) in [5.74, 6) is 1.04. The molecule has 12 heavy (non-hydrogen) atoms. The third-order valence-electron chi connectivity index (χ3n) is 2.68. The lowest BCUT2D eigenvalue weighted by molar-refractivity contribution is -0.131. The predicted molar refractivity (Wildman–Crippen MR) is 49.9 cm³/mol. The van der Waals surface area contributed by atoms with Crippen molar-refractivity contribution in [2.45, 2.75) is 46.1 Å². The van der Waals surface area contributed by atoms with Crippen molar-refractivity contribution < 1.29 is 4.79 Å². The second-order valence-electron chi connectivity index (χ2n) is 3.87. The first-order valence-electron chi connectivity index (χ1n) is 4.92. The van der Waals surface area contributed by atoms with Crippen molar-refractivity contribution in [1.82, 2.24) is 4.90 Å². The van der Waals surface area contributed by atoms with Gasteiger partial charge >= 0.3 is 0 Å². The van der Waals surface area contributed by atoms with Crippen LogP contribution in [0.3, 0.4) is 0 Å². The van der Waals surface area contributed by atoms with Crippen molar-refractivity contribution in [2.24, 2.45) is 5.92 Å². The summed E-state index contributed by atoms with van der Waals surface area (Å²) in [6, 6.07) is 0.420. The fourth-order valence-electron chi connectivity index (χ4n) is 1.42. The molecule has 0 aliphatic heterocycles. The molecule has 1 fully saturated rings. The lowest BCUT2D eigenvalue weighted by Crippen LogP contribution is -2.38. The zero-order valence-corrected chi connectivity index (χ0v) is 8.34. The minimum absolute atomic E-state index is 0.233. The van der Waals surface area contributed by atoms with Crippen LogP contribution in [0.1, 0.15) is 40.0 Å². The Kier molecular flexibility index (Phi) is 3.12. The molecule has 70 valence electrons. The van der Waals surface area contributed by atoms with Crippen molar-refractivity contribution in [3.8, 4) is 0 Å². The molecule has 0 saturated heterocycles. The standard InChI is InChI=1S/C10H19NO/c1-4-8(2)11(9(3)12)7-10-5-6-10/h8,10H,4-7H2,1-3H3/t8-/m0/s1. The fraction of sp³-hybridized carbons (Fsp3) is 0.900. The zero-order chi connectivity index (χ0) is 9.14. The van der Waals surface area contributed by atoms with Gasteiger partial charge in [0.25, 0.3) is 0 Å². The average molecular weight is 169 g/mol. The lowest BCUT2D eigenvalue weighted by atomic mass is 10.2. The molecule has 0 aromatic heterocycles. The van der Waals surface area contributed by atoms with Crippen LogP contribution in [0, 0.1) is 5.92 Å². The summed E-state index contributed by atoms with van der Waals surface area (Å²) in [4.78, 5) is 13.2. The highest BCUT2D eigenvalue weighted by Gasteiger charge is 2.27. The number of hydrogen-bond donors (Lipinski definition) is 0. The van der Waals surface area contributed by atoms with Gasteiger partial charge in [0.05, 0.1) is 0 Å². The maximum absolute atomic E-state index is 11.2. The molecule has 0 N–H and O–H groups in total. The van der Waals surface area contributed by atoms with Crippen LogP contribution in [0.15, 0.2) is 0 Å². The van der Waals surface area contributed by atoms with Crippen molar-refractivity contribution in [3.63, 3.8) is 0 Å². The second kappa shape index (κ2) is 3.92. The fourth-order valence-corrected chi connectivity index (χ4v) is 1.42. The molecule has 1 aliphatic rings. The Hall–Kier alpha value is -0.530. The number of nitrogens with zero attached hydrogens (tertiary/aromatic N) is 1. The summed E-state index contributed by atoms with van der Waals surface area (Å²) in [5, 5.41) is 0. The first kappa shape index (κ1) is 9.56.